The first-order chi connectivity index (χ1) is 10.6. The molecule has 1 atom stereocenters. The van der Waals surface area contributed by atoms with Gasteiger partial charge in [0.15, 0.2) is 0 Å². The van der Waals surface area contributed by atoms with Crippen molar-refractivity contribution in [3.8, 4) is 0 Å². The molecule has 1 fully saturated rings. The summed E-state index contributed by atoms with van der Waals surface area (Å²) in [5, 5.41) is 3.14. The van der Waals surface area contributed by atoms with Crippen molar-refractivity contribution in [3.05, 3.63) is 36.2 Å². The summed E-state index contributed by atoms with van der Waals surface area (Å²) in [6.45, 7) is 4.98. The molecule has 0 aliphatic carbocycles. The predicted octanol–water partition coefficient (Wildman–Crippen LogP) is 1.65. The van der Waals surface area contributed by atoms with Crippen LogP contribution in [0.15, 0.2) is 24.7 Å². The second-order valence-electron chi connectivity index (χ2n) is 5.42. The lowest BCUT2D eigenvalue weighted by atomic mass is 10.1. The number of aryl methyl sites for hydroxylation is 1. The van der Waals surface area contributed by atoms with Crippen LogP contribution in [0.4, 0.5) is 11.6 Å². The van der Waals surface area contributed by atoms with E-state index in [0.717, 1.165) is 24.5 Å². The second-order valence-corrected chi connectivity index (χ2v) is 5.42. The van der Waals surface area contributed by atoms with Crippen LogP contribution >= 0.6 is 0 Å². The van der Waals surface area contributed by atoms with E-state index in [-0.39, 0.29) is 11.8 Å². The van der Waals surface area contributed by atoms with E-state index < -0.39 is 0 Å². The van der Waals surface area contributed by atoms with Gasteiger partial charge in [-0.2, -0.15) is 0 Å². The zero-order chi connectivity index (χ0) is 15.5. The van der Waals surface area contributed by atoms with Gasteiger partial charge in [-0.25, -0.2) is 15.0 Å². The highest BCUT2D eigenvalue weighted by molar-refractivity contribution is 5.73. The Kier molecular flexibility index (Phi) is 3.95. The molecule has 1 aliphatic heterocycles. The van der Waals surface area contributed by atoms with Crippen LogP contribution < -0.4 is 5.32 Å². The van der Waals surface area contributed by atoms with Crippen molar-refractivity contribution in [1.82, 2.24) is 24.8 Å². The zero-order valence-electron chi connectivity index (χ0n) is 12.7. The molecule has 114 valence electrons. The maximum absolute atomic E-state index is 11.5. The fraction of sp³-hybridized carbons (Fsp3) is 0.400. The van der Waals surface area contributed by atoms with Crippen molar-refractivity contribution in [2.75, 3.05) is 18.4 Å². The average molecular weight is 298 g/mol. The minimum Gasteiger partial charge on any atom is -0.342 e. The highest BCUT2D eigenvalue weighted by Crippen LogP contribution is 2.26. The first kappa shape index (κ1) is 14.4. The number of aromatic nitrogens is 4. The lowest BCUT2D eigenvalue weighted by molar-refractivity contribution is -0.127. The van der Waals surface area contributed by atoms with Gasteiger partial charge in [0, 0.05) is 50.1 Å². The van der Waals surface area contributed by atoms with Crippen LogP contribution in [0, 0.1) is 6.92 Å². The molecule has 2 aromatic rings. The maximum atomic E-state index is 11.5. The molecule has 3 heterocycles. The molecule has 2 aromatic heterocycles. The Balaban J connectivity index is 1.80. The van der Waals surface area contributed by atoms with Crippen molar-refractivity contribution < 1.29 is 4.79 Å². The van der Waals surface area contributed by atoms with Gasteiger partial charge in [0.1, 0.15) is 17.5 Å². The van der Waals surface area contributed by atoms with Gasteiger partial charge in [-0.15, -0.1) is 0 Å². The number of carbonyl (C=O) groups is 1. The normalized spacial score (nSPS) is 17.5. The summed E-state index contributed by atoms with van der Waals surface area (Å²) < 4.78 is 0. The summed E-state index contributed by atoms with van der Waals surface area (Å²) in [6, 6.07) is 1.87. The highest BCUT2D eigenvalue weighted by atomic mass is 16.2. The summed E-state index contributed by atoms with van der Waals surface area (Å²) in [5.41, 5.74) is 0.887. The van der Waals surface area contributed by atoms with Crippen molar-refractivity contribution in [2.24, 2.45) is 0 Å². The number of anilines is 2. The summed E-state index contributed by atoms with van der Waals surface area (Å²) in [7, 11) is 0. The molecule has 1 aliphatic rings. The third-order valence-electron chi connectivity index (χ3n) is 3.69. The Morgan fingerprint density at radius 3 is 2.86 bits per heavy atom. The van der Waals surface area contributed by atoms with E-state index in [0.29, 0.717) is 18.2 Å². The monoisotopic (exact) mass is 298 g/mol. The summed E-state index contributed by atoms with van der Waals surface area (Å²) in [5.74, 6) is 2.40. The third-order valence-corrected chi connectivity index (χ3v) is 3.69. The van der Waals surface area contributed by atoms with Crippen LogP contribution in [0.3, 0.4) is 0 Å². The van der Waals surface area contributed by atoms with Crippen molar-refractivity contribution >= 4 is 17.5 Å². The number of rotatable bonds is 3. The van der Waals surface area contributed by atoms with Crippen LogP contribution in [0.1, 0.15) is 30.8 Å². The Bertz CT molecular complexity index is 675. The van der Waals surface area contributed by atoms with E-state index in [1.54, 1.807) is 25.5 Å². The lowest BCUT2D eigenvalue weighted by Gasteiger charge is -2.14. The number of nitrogens with zero attached hydrogens (tertiary/aromatic N) is 5. The van der Waals surface area contributed by atoms with Gasteiger partial charge in [0.05, 0.1) is 6.20 Å². The Morgan fingerprint density at radius 1 is 1.32 bits per heavy atom. The molecule has 1 N–H and O–H groups in total. The summed E-state index contributed by atoms with van der Waals surface area (Å²) in [6.07, 6.45) is 5.79. The van der Waals surface area contributed by atoms with Crippen LogP contribution in [0.2, 0.25) is 0 Å². The van der Waals surface area contributed by atoms with E-state index in [1.165, 1.54) is 0 Å². The van der Waals surface area contributed by atoms with E-state index in [4.69, 9.17) is 0 Å². The number of hydrogen-bond donors (Lipinski definition) is 1. The number of likely N-dealkylation sites (tertiary alicyclic amines) is 1. The first-order valence-corrected chi connectivity index (χ1v) is 7.26. The largest absolute Gasteiger partial charge is 0.342 e. The fourth-order valence-electron chi connectivity index (χ4n) is 2.59. The Labute approximate surface area is 128 Å². The van der Waals surface area contributed by atoms with Crippen molar-refractivity contribution in [2.45, 2.75) is 26.2 Å². The number of amides is 1. The fourth-order valence-corrected chi connectivity index (χ4v) is 2.59. The molecule has 22 heavy (non-hydrogen) atoms. The smallest absolute Gasteiger partial charge is 0.219 e. The second kappa shape index (κ2) is 6.05. The average Bonchev–Trinajstić information content (AvgIpc) is 2.98. The van der Waals surface area contributed by atoms with E-state index >= 15 is 0 Å². The molecule has 0 saturated carbocycles. The van der Waals surface area contributed by atoms with E-state index in [9.17, 15) is 4.79 Å². The molecular formula is C15H18N6O. The number of carbonyl (C=O) groups excluding carboxylic acids is 1. The first-order valence-electron chi connectivity index (χ1n) is 7.26. The van der Waals surface area contributed by atoms with Crippen LogP contribution in [-0.4, -0.2) is 43.8 Å². The molecule has 7 heteroatoms. The lowest BCUT2D eigenvalue weighted by Crippen LogP contribution is -2.25. The molecule has 3 rings (SSSR count). The van der Waals surface area contributed by atoms with Crippen molar-refractivity contribution in [1.29, 1.82) is 0 Å². The third kappa shape index (κ3) is 3.19. The zero-order valence-corrected chi connectivity index (χ0v) is 12.7. The molecule has 1 saturated heterocycles. The number of nitrogens with one attached hydrogen (secondary N) is 1. The molecule has 0 aromatic carbocycles. The van der Waals surface area contributed by atoms with Gasteiger partial charge in [0.2, 0.25) is 5.91 Å². The molecule has 0 radical (unpaired) electrons. The summed E-state index contributed by atoms with van der Waals surface area (Å²) in [4.78, 5) is 30.6. The topological polar surface area (TPSA) is 83.9 Å². The van der Waals surface area contributed by atoms with E-state index in [2.05, 4.69) is 25.3 Å². The predicted molar refractivity (Wildman–Crippen MR) is 81.7 cm³/mol. The minimum atomic E-state index is 0.105. The molecule has 0 spiro atoms. The molecule has 7 nitrogen and oxygen atoms in total. The van der Waals surface area contributed by atoms with Crippen LogP contribution in [-0.2, 0) is 4.79 Å². The van der Waals surface area contributed by atoms with Gasteiger partial charge >= 0.3 is 0 Å². The molecule has 1 amide bonds. The Morgan fingerprint density at radius 2 is 2.18 bits per heavy atom. The standard InChI is InChI=1S/C15H18N6O/c1-10-7-13(19-14-8-16-4-5-17-14)20-15(18-10)12-3-6-21(9-12)11(2)22/h4-5,7-8,12H,3,6,9H2,1-2H3,(H,17,18,19,20)/t12-/m0/s1. The van der Waals surface area contributed by atoms with Gasteiger partial charge in [-0.05, 0) is 13.3 Å². The van der Waals surface area contributed by atoms with Gasteiger partial charge in [-0.3, -0.25) is 9.78 Å². The van der Waals surface area contributed by atoms with Gasteiger partial charge in [0.25, 0.3) is 0 Å². The molecule has 0 bridgehead atoms. The molecule has 0 unspecified atom stereocenters. The van der Waals surface area contributed by atoms with Gasteiger partial charge < -0.3 is 10.2 Å². The van der Waals surface area contributed by atoms with E-state index in [1.807, 2.05) is 17.9 Å². The SMILES string of the molecule is CC(=O)N1CC[C@H](c2nc(C)cc(Nc3cnccn3)n2)C1. The number of hydrogen-bond acceptors (Lipinski definition) is 6. The van der Waals surface area contributed by atoms with Crippen LogP contribution in [0.25, 0.3) is 0 Å². The molecular weight excluding hydrogens is 280 g/mol. The minimum absolute atomic E-state index is 0.105. The summed E-state index contributed by atoms with van der Waals surface area (Å²) >= 11 is 0. The van der Waals surface area contributed by atoms with Crippen molar-refractivity contribution in [3.63, 3.8) is 0 Å². The highest BCUT2D eigenvalue weighted by Gasteiger charge is 2.27. The van der Waals surface area contributed by atoms with Gasteiger partial charge in [-0.1, -0.05) is 0 Å². The maximum Gasteiger partial charge on any atom is 0.219 e. The Hall–Kier alpha value is -2.57. The van der Waals surface area contributed by atoms with Crippen LogP contribution in [0.5, 0.6) is 0 Å². The quantitative estimate of drug-likeness (QED) is 0.927.